The van der Waals surface area contributed by atoms with Gasteiger partial charge >= 0.3 is 0 Å². The zero-order valence-corrected chi connectivity index (χ0v) is 16.1. The van der Waals surface area contributed by atoms with E-state index in [0.717, 1.165) is 11.1 Å². The Hall–Kier alpha value is -3.00. The van der Waals surface area contributed by atoms with Gasteiger partial charge in [0.1, 0.15) is 4.70 Å². The Morgan fingerprint density at radius 3 is 2.74 bits per heavy atom. The summed E-state index contributed by atoms with van der Waals surface area (Å²) in [6, 6.07) is 3.80. The lowest BCUT2D eigenvalue weighted by Gasteiger charge is -2.08. The van der Waals surface area contributed by atoms with Crippen molar-refractivity contribution in [3.63, 3.8) is 0 Å². The molecule has 27 heavy (non-hydrogen) atoms. The van der Waals surface area contributed by atoms with Gasteiger partial charge in [0.15, 0.2) is 11.6 Å². The second-order valence-corrected chi connectivity index (χ2v) is 7.53. The average Bonchev–Trinajstić information content (AvgIpc) is 3.27. The van der Waals surface area contributed by atoms with Crippen LogP contribution < -0.4 is 4.74 Å². The zero-order valence-electron chi connectivity index (χ0n) is 15.2. The Bertz CT molecular complexity index is 1090. The molecule has 0 saturated heterocycles. The van der Waals surface area contributed by atoms with E-state index in [4.69, 9.17) is 4.74 Å². The molecular formula is C19H19N5O2S. The third-order valence-corrected chi connectivity index (χ3v) is 5.00. The molecule has 0 bridgehead atoms. The molecule has 0 aliphatic heterocycles. The lowest BCUT2D eigenvalue weighted by Crippen LogP contribution is -2.05. The average molecular weight is 381 g/mol. The molecule has 7 nitrogen and oxygen atoms in total. The fourth-order valence-electron chi connectivity index (χ4n) is 2.67. The summed E-state index contributed by atoms with van der Waals surface area (Å²) in [7, 11) is 1.86. The van der Waals surface area contributed by atoms with Crippen LogP contribution in [-0.2, 0) is 7.05 Å². The molecular weight excluding hydrogens is 362 g/mol. The molecule has 0 fully saturated rings. The van der Waals surface area contributed by atoms with Crippen molar-refractivity contribution in [3.8, 4) is 34.5 Å². The molecule has 4 aromatic heterocycles. The first-order valence-corrected chi connectivity index (χ1v) is 9.46. The summed E-state index contributed by atoms with van der Waals surface area (Å²) in [5.74, 6) is 1.98. The van der Waals surface area contributed by atoms with E-state index in [1.165, 1.54) is 11.3 Å². The van der Waals surface area contributed by atoms with Crippen molar-refractivity contribution < 1.29 is 9.84 Å². The molecule has 0 radical (unpaired) electrons. The molecule has 0 aromatic carbocycles. The van der Waals surface area contributed by atoms with Gasteiger partial charge in [0.25, 0.3) is 0 Å². The van der Waals surface area contributed by atoms with Gasteiger partial charge in [-0.2, -0.15) is 4.98 Å². The number of rotatable bonds is 5. The molecule has 0 unspecified atom stereocenters. The Balaban J connectivity index is 1.74. The van der Waals surface area contributed by atoms with Crippen LogP contribution in [0.15, 0.2) is 36.1 Å². The summed E-state index contributed by atoms with van der Waals surface area (Å²) in [6.45, 7) is 4.82. The standard InChI is InChI=1S/C19H19N5O2S/c1-11(2)9-26-14-5-4-12(8-21-14)13-10-27-16-15(13)22-17(23-19(16)25)18-20-6-7-24(18)3/h4-8,10-11H,9H2,1-3H3,(H,22,23,25). The minimum absolute atomic E-state index is 0.0425. The molecule has 0 amide bonds. The van der Waals surface area contributed by atoms with E-state index < -0.39 is 0 Å². The van der Waals surface area contributed by atoms with Gasteiger partial charge in [-0.05, 0) is 12.0 Å². The van der Waals surface area contributed by atoms with Crippen LogP contribution in [0.1, 0.15) is 13.8 Å². The van der Waals surface area contributed by atoms with Crippen LogP contribution in [0.5, 0.6) is 11.8 Å². The third-order valence-electron chi connectivity index (χ3n) is 4.03. The molecule has 0 aliphatic carbocycles. The number of pyridine rings is 1. The van der Waals surface area contributed by atoms with E-state index in [-0.39, 0.29) is 5.88 Å². The number of aryl methyl sites for hydroxylation is 1. The molecule has 0 spiro atoms. The maximum atomic E-state index is 10.4. The van der Waals surface area contributed by atoms with Crippen LogP contribution in [0, 0.1) is 5.92 Å². The van der Waals surface area contributed by atoms with Crippen molar-refractivity contribution in [3.05, 3.63) is 36.1 Å². The van der Waals surface area contributed by atoms with Gasteiger partial charge in [0.2, 0.25) is 11.8 Å². The van der Waals surface area contributed by atoms with E-state index in [9.17, 15) is 5.11 Å². The maximum absolute atomic E-state index is 10.4. The molecule has 0 atom stereocenters. The largest absolute Gasteiger partial charge is 0.492 e. The number of hydrogen-bond donors (Lipinski definition) is 1. The summed E-state index contributed by atoms with van der Waals surface area (Å²) in [5.41, 5.74) is 2.48. The van der Waals surface area contributed by atoms with Crippen LogP contribution in [-0.4, -0.2) is 36.2 Å². The van der Waals surface area contributed by atoms with E-state index in [0.29, 0.717) is 40.3 Å². The first-order chi connectivity index (χ1) is 13.0. The van der Waals surface area contributed by atoms with Crippen molar-refractivity contribution in [2.45, 2.75) is 13.8 Å². The highest BCUT2D eigenvalue weighted by atomic mass is 32.1. The van der Waals surface area contributed by atoms with Crippen molar-refractivity contribution >= 4 is 21.6 Å². The van der Waals surface area contributed by atoms with Crippen molar-refractivity contribution in [2.75, 3.05) is 6.61 Å². The Kier molecular flexibility index (Phi) is 4.49. The van der Waals surface area contributed by atoms with Gasteiger partial charge < -0.3 is 14.4 Å². The molecule has 4 rings (SSSR count). The van der Waals surface area contributed by atoms with Gasteiger partial charge in [-0.25, -0.2) is 15.0 Å². The van der Waals surface area contributed by atoms with Gasteiger partial charge in [-0.3, -0.25) is 0 Å². The summed E-state index contributed by atoms with van der Waals surface area (Å²) >= 11 is 1.40. The molecule has 8 heteroatoms. The Morgan fingerprint density at radius 2 is 2.07 bits per heavy atom. The van der Waals surface area contributed by atoms with E-state index in [1.807, 2.05) is 35.3 Å². The summed E-state index contributed by atoms with van der Waals surface area (Å²) in [4.78, 5) is 17.5. The lowest BCUT2D eigenvalue weighted by molar-refractivity contribution is 0.261. The number of ether oxygens (including phenoxy) is 1. The second-order valence-electron chi connectivity index (χ2n) is 6.65. The van der Waals surface area contributed by atoms with E-state index in [2.05, 4.69) is 33.8 Å². The number of thiophene rings is 1. The van der Waals surface area contributed by atoms with E-state index in [1.54, 1.807) is 12.4 Å². The molecule has 1 N–H and O–H groups in total. The van der Waals surface area contributed by atoms with Gasteiger partial charge in [-0.15, -0.1) is 11.3 Å². The summed E-state index contributed by atoms with van der Waals surface area (Å²) < 4.78 is 8.10. The fraction of sp³-hybridized carbons (Fsp3) is 0.263. The topological polar surface area (TPSA) is 86.0 Å². The first-order valence-electron chi connectivity index (χ1n) is 8.58. The van der Waals surface area contributed by atoms with Crippen molar-refractivity contribution in [1.29, 1.82) is 0 Å². The molecule has 0 aliphatic rings. The predicted octanol–water partition coefficient (Wildman–Crippen LogP) is 3.89. The van der Waals surface area contributed by atoms with Crippen molar-refractivity contribution in [2.24, 2.45) is 13.0 Å². The number of fused-ring (bicyclic) bond motifs is 1. The molecule has 138 valence electrons. The predicted molar refractivity (Wildman–Crippen MR) is 105 cm³/mol. The zero-order chi connectivity index (χ0) is 19.0. The van der Waals surface area contributed by atoms with Gasteiger partial charge in [0, 0.05) is 48.2 Å². The number of imidazole rings is 1. The maximum Gasteiger partial charge on any atom is 0.233 e. The van der Waals surface area contributed by atoms with Crippen LogP contribution in [0.4, 0.5) is 0 Å². The van der Waals surface area contributed by atoms with Crippen LogP contribution in [0.25, 0.3) is 33.0 Å². The highest BCUT2D eigenvalue weighted by Gasteiger charge is 2.17. The smallest absolute Gasteiger partial charge is 0.233 e. The molecule has 0 saturated carbocycles. The monoisotopic (exact) mass is 381 g/mol. The van der Waals surface area contributed by atoms with E-state index >= 15 is 0 Å². The van der Waals surface area contributed by atoms with Crippen LogP contribution in [0.3, 0.4) is 0 Å². The number of hydrogen-bond acceptors (Lipinski definition) is 7. The van der Waals surface area contributed by atoms with Crippen molar-refractivity contribution in [1.82, 2.24) is 24.5 Å². The minimum Gasteiger partial charge on any atom is -0.492 e. The second kappa shape index (κ2) is 6.96. The Morgan fingerprint density at radius 1 is 1.22 bits per heavy atom. The van der Waals surface area contributed by atoms with Crippen LogP contribution in [0.2, 0.25) is 0 Å². The number of nitrogens with zero attached hydrogens (tertiary/aromatic N) is 5. The summed E-state index contributed by atoms with van der Waals surface area (Å²) in [6.07, 6.45) is 5.25. The minimum atomic E-state index is -0.0425. The molecule has 4 heterocycles. The normalized spacial score (nSPS) is 11.4. The lowest BCUT2D eigenvalue weighted by atomic mass is 10.1. The summed E-state index contributed by atoms with van der Waals surface area (Å²) in [5, 5.41) is 12.3. The highest BCUT2D eigenvalue weighted by molar-refractivity contribution is 7.18. The third kappa shape index (κ3) is 3.35. The quantitative estimate of drug-likeness (QED) is 0.564. The first kappa shape index (κ1) is 17.4. The SMILES string of the molecule is CC(C)COc1ccc(-c2csc3c(O)nc(-c4nccn4C)nc23)cn1. The van der Waals surface area contributed by atoms with Crippen LogP contribution >= 0.6 is 11.3 Å². The number of aromatic hydroxyl groups is 1. The fourth-order valence-corrected chi connectivity index (χ4v) is 3.57. The van der Waals surface area contributed by atoms with Gasteiger partial charge in [-0.1, -0.05) is 13.8 Å². The van der Waals surface area contributed by atoms with Gasteiger partial charge in [0.05, 0.1) is 12.1 Å². The highest BCUT2D eigenvalue weighted by Crippen LogP contribution is 2.37. The number of aromatic nitrogens is 5. The Labute approximate surface area is 160 Å². The molecule has 4 aromatic rings.